The monoisotopic (exact) mass is 233 g/mol. The number of methoxy groups -OCH3 is 1. The predicted octanol–water partition coefficient (Wildman–Crippen LogP) is 0.772. The van der Waals surface area contributed by atoms with Gasteiger partial charge in [-0.15, -0.1) is 0 Å². The zero-order chi connectivity index (χ0) is 11.1. The van der Waals surface area contributed by atoms with E-state index in [1.807, 2.05) is 16.7 Å². The summed E-state index contributed by atoms with van der Waals surface area (Å²) in [5.41, 5.74) is 0. The third kappa shape index (κ3) is 5.39. The zero-order valence-electron chi connectivity index (χ0n) is 9.15. The summed E-state index contributed by atoms with van der Waals surface area (Å²) in [4.78, 5) is 12.6. The van der Waals surface area contributed by atoms with E-state index >= 15 is 0 Å². The number of carboxylic acid groups (broad SMARTS) is 1. The van der Waals surface area contributed by atoms with Crippen molar-refractivity contribution in [3.05, 3.63) is 0 Å². The molecule has 1 heterocycles. The van der Waals surface area contributed by atoms with E-state index in [0.717, 1.165) is 6.54 Å². The van der Waals surface area contributed by atoms with Gasteiger partial charge in [-0.05, 0) is 23.8 Å². The minimum atomic E-state index is -0.753. The summed E-state index contributed by atoms with van der Waals surface area (Å²) in [7, 11) is 1.64. The van der Waals surface area contributed by atoms with Gasteiger partial charge >= 0.3 is 5.97 Å². The highest BCUT2D eigenvalue weighted by Crippen LogP contribution is 2.23. The van der Waals surface area contributed by atoms with Gasteiger partial charge in [-0.3, -0.25) is 9.69 Å². The Labute approximate surface area is 95.0 Å². The van der Waals surface area contributed by atoms with Gasteiger partial charge in [0.05, 0.1) is 13.2 Å². The summed E-state index contributed by atoms with van der Waals surface area (Å²) in [5, 5.41) is 8.77. The van der Waals surface area contributed by atoms with Crippen molar-refractivity contribution in [2.75, 3.05) is 44.9 Å². The molecule has 0 bridgehead atoms. The van der Waals surface area contributed by atoms with Crippen LogP contribution in [0.3, 0.4) is 0 Å². The average Bonchev–Trinajstić information content (AvgIpc) is 2.66. The van der Waals surface area contributed by atoms with Gasteiger partial charge in [-0.2, -0.15) is 11.8 Å². The summed E-state index contributed by atoms with van der Waals surface area (Å²) in [5.74, 6) is 2.29. The van der Waals surface area contributed by atoms with Crippen LogP contribution in [0.4, 0.5) is 0 Å². The van der Waals surface area contributed by atoms with Crippen LogP contribution in [0.5, 0.6) is 0 Å². The van der Waals surface area contributed by atoms with Crippen LogP contribution in [-0.2, 0) is 9.53 Å². The van der Waals surface area contributed by atoms with E-state index in [4.69, 9.17) is 9.84 Å². The molecular formula is C10H19NO3S. The number of ether oxygens (including phenoxy) is 1. The molecule has 1 aliphatic heterocycles. The molecule has 88 valence electrons. The maximum Gasteiger partial charge on any atom is 0.317 e. The van der Waals surface area contributed by atoms with Crippen molar-refractivity contribution in [1.82, 2.24) is 4.90 Å². The van der Waals surface area contributed by atoms with Crippen molar-refractivity contribution in [3.63, 3.8) is 0 Å². The fraction of sp³-hybridized carbons (Fsp3) is 0.900. The van der Waals surface area contributed by atoms with E-state index in [1.165, 1.54) is 17.9 Å². The van der Waals surface area contributed by atoms with Crippen molar-refractivity contribution in [2.45, 2.75) is 6.42 Å². The van der Waals surface area contributed by atoms with Gasteiger partial charge in [0.25, 0.3) is 0 Å². The molecule has 1 unspecified atom stereocenters. The number of nitrogens with zero attached hydrogens (tertiary/aromatic N) is 1. The maximum absolute atomic E-state index is 10.7. The van der Waals surface area contributed by atoms with Gasteiger partial charge in [0, 0.05) is 20.2 Å². The third-order valence-corrected chi connectivity index (χ3v) is 3.74. The number of aliphatic carboxylic acids is 1. The smallest absolute Gasteiger partial charge is 0.317 e. The van der Waals surface area contributed by atoms with Crippen molar-refractivity contribution < 1.29 is 14.6 Å². The largest absolute Gasteiger partial charge is 0.480 e. The van der Waals surface area contributed by atoms with E-state index in [1.54, 1.807) is 7.11 Å². The predicted molar refractivity (Wildman–Crippen MR) is 61.4 cm³/mol. The maximum atomic E-state index is 10.7. The Morgan fingerprint density at radius 3 is 3.00 bits per heavy atom. The molecule has 15 heavy (non-hydrogen) atoms. The highest BCUT2D eigenvalue weighted by Gasteiger charge is 2.20. The topological polar surface area (TPSA) is 49.8 Å². The number of hydrogen-bond donors (Lipinski definition) is 1. The lowest BCUT2D eigenvalue weighted by molar-refractivity contribution is -0.138. The molecule has 1 fully saturated rings. The van der Waals surface area contributed by atoms with Gasteiger partial charge in [0.15, 0.2) is 0 Å². The van der Waals surface area contributed by atoms with Crippen LogP contribution in [0.15, 0.2) is 0 Å². The number of carboxylic acids is 1. The van der Waals surface area contributed by atoms with Crippen molar-refractivity contribution in [3.8, 4) is 0 Å². The second-order valence-corrected chi connectivity index (χ2v) is 5.00. The fourth-order valence-corrected chi connectivity index (χ4v) is 3.01. The molecule has 1 aliphatic rings. The Kier molecular flexibility index (Phi) is 6.05. The SMILES string of the molecule is COCCN(CC(=O)O)CC1CCSC1. The highest BCUT2D eigenvalue weighted by atomic mass is 32.2. The van der Waals surface area contributed by atoms with Crippen LogP contribution in [0.2, 0.25) is 0 Å². The molecule has 1 saturated heterocycles. The molecule has 0 spiro atoms. The van der Waals surface area contributed by atoms with Crippen molar-refractivity contribution in [1.29, 1.82) is 0 Å². The molecule has 1 rings (SSSR count). The van der Waals surface area contributed by atoms with Crippen LogP contribution >= 0.6 is 11.8 Å². The number of rotatable bonds is 7. The van der Waals surface area contributed by atoms with Gasteiger partial charge in [0.1, 0.15) is 0 Å². The first-order valence-electron chi connectivity index (χ1n) is 5.23. The van der Waals surface area contributed by atoms with Crippen LogP contribution < -0.4 is 0 Å². The van der Waals surface area contributed by atoms with Crippen LogP contribution in [-0.4, -0.2) is 60.8 Å². The first-order valence-corrected chi connectivity index (χ1v) is 6.38. The van der Waals surface area contributed by atoms with Crippen LogP contribution in [0, 0.1) is 5.92 Å². The first kappa shape index (κ1) is 12.8. The lowest BCUT2D eigenvalue weighted by Gasteiger charge is -2.22. The lowest BCUT2D eigenvalue weighted by atomic mass is 10.1. The lowest BCUT2D eigenvalue weighted by Crippen LogP contribution is -2.36. The molecule has 1 N–H and O–H groups in total. The average molecular weight is 233 g/mol. The Bertz CT molecular complexity index is 195. The first-order chi connectivity index (χ1) is 7.22. The van der Waals surface area contributed by atoms with E-state index in [-0.39, 0.29) is 6.54 Å². The number of hydrogen-bond acceptors (Lipinski definition) is 4. The van der Waals surface area contributed by atoms with E-state index in [2.05, 4.69) is 0 Å². The minimum absolute atomic E-state index is 0.129. The molecule has 0 aliphatic carbocycles. The normalized spacial score (nSPS) is 21.1. The van der Waals surface area contributed by atoms with E-state index in [9.17, 15) is 4.79 Å². The summed E-state index contributed by atoms with van der Waals surface area (Å²) < 4.78 is 4.98. The number of thioether (sulfide) groups is 1. The molecule has 1 atom stereocenters. The second-order valence-electron chi connectivity index (χ2n) is 3.85. The zero-order valence-corrected chi connectivity index (χ0v) is 9.96. The molecule has 4 nitrogen and oxygen atoms in total. The molecule has 0 aromatic carbocycles. The summed E-state index contributed by atoms with van der Waals surface area (Å²) in [6.07, 6.45) is 1.22. The Morgan fingerprint density at radius 2 is 2.47 bits per heavy atom. The third-order valence-electron chi connectivity index (χ3n) is 2.51. The molecular weight excluding hydrogens is 214 g/mol. The van der Waals surface area contributed by atoms with Crippen molar-refractivity contribution >= 4 is 17.7 Å². The molecule has 0 radical (unpaired) electrons. The van der Waals surface area contributed by atoms with Gasteiger partial charge < -0.3 is 9.84 Å². The van der Waals surface area contributed by atoms with Gasteiger partial charge in [-0.25, -0.2) is 0 Å². The number of carbonyl (C=O) groups is 1. The van der Waals surface area contributed by atoms with Gasteiger partial charge in [0.2, 0.25) is 0 Å². The van der Waals surface area contributed by atoms with Crippen LogP contribution in [0.1, 0.15) is 6.42 Å². The fourth-order valence-electron chi connectivity index (χ4n) is 1.74. The Balaban J connectivity index is 2.29. The van der Waals surface area contributed by atoms with Crippen molar-refractivity contribution in [2.24, 2.45) is 5.92 Å². The Hall–Kier alpha value is -0.260. The minimum Gasteiger partial charge on any atom is -0.480 e. The standard InChI is InChI=1S/C10H19NO3S/c1-14-4-3-11(7-10(12)13)6-9-2-5-15-8-9/h9H,2-8H2,1H3,(H,12,13). The van der Waals surface area contributed by atoms with E-state index in [0.29, 0.717) is 19.1 Å². The summed E-state index contributed by atoms with van der Waals surface area (Å²) >= 11 is 1.96. The highest BCUT2D eigenvalue weighted by molar-refractivity contribution is 7.99. The van der Waals surface area contributed by atoms with Gasteiger partial charge in [-0.1, -0.05) is 0 Å². The molecule has 0 aromatic rings. The Morgan fingerprint density at radius 1 is 1.67 bits per heavy atom. The summed E-state index contributed by atoms with van der Waals surface area (Å²) in [6.45, 7) is 2.34. The molecule has 0 saturated carbocycles. The molecule has 5 heteroatoms. The molecule has 0 aromatic heterocycles. The molecule has 0 amide bonds. The quantitative estimate of drug-likeness (QED) is 0.704. The summed E-state index contributed by atoms with van der Waals surface area (Å²) in [6, 6.07) is 0. The van der Waals surface area contributed by atoms with Crippen LogP contribution in [0.25, 0.3) is 0 Å². The van der Waals surface area contributed by atoms with E-state index < -0.39 is 5.97 Å². The second kappa shape index (κ2) is 7.09.